The van der Waals surface area contributed by atoms with Crippen LogP contribution in [0.1, 0.15) is 49.7 Å². The Morgan fingerprint density at radius 2 is 1.76 bits per heavy atom. The number of likely N-dealkylation sites (tertiary alicyclic amines) is 1. The van der Waals surface area contributed by atoms with E-state index < -0.39 is 5.41 Å². The van der Waals surface area contributed by atoms with Gasteiger partial charge in [0.2, 0.25) is 5.91 Å². The molecule has 4 heteroatoms. The van der Waals surface area contributed by atoms with E-state index in [-0.39, 0.29) is 5.91 Å². The van der Waals surface area contributed by atoms with E-state index in [1.165, 1.54) is 31.5 Å². The van der Waals surface area contributed by atoms with Gasteiger partial charge in [-0.05, 0) is 75.5 Å². The Hall–Kier alpha value is -2.33. The highest BCUT2D eigenvalue weighted by Crippen LogP contribution is 2.42. The fourth-order valence-electron chi connectivity index (χ4n) is 4.75. The van der Waals surface area contributed by atoms with Crippen molar-refractivity contribution in [1.82, 2.24) is 4.90 Å². The first kappa shape index (κ1) is 20.0. The molecule has 0 radical (unpaired) electrons. The maximum absolute atomic E-state index is 13.3. The van der Waals surface area contributed by atoms with Gasteiger partial charge in [-0.25, -0.2) is 0 Å². The fraction of sp³-hybridized carbons (Fsp3) is 0.480. The van der Waals surface area contributed by atoms with Crippen LogP contribution in [0.3, 0.4) is 0 Å². The van der Waals surface area contributed by atoms with E-state index in [1.54, 1.807) is 0 Å². The number of carbonyl (C=O) groups excluding carboxylic acids is 1. The maximum Gasteiger partial charge on any atom is 0.235 e. The number of benzene rings is 2. The van der Waals surface area contributed by atoms with Crippen molar-refractivity contribution in [3.05, 3.63) is 59.7 Å². The summed E-state index contributed by atoms with van der Waals surface area (Å²) in [7, 11) is 0. The molecule has 154 valence electrons. The van der Waals surface area contributed by atoms with Gasteiger partial charge in [0.25, 0.3) is 0 Å². The van der Waals surface area contributed by atoms with Gasteiger partial charge in [0, 0.05) is 12.2 Å². The lowest BCUT2D eigenvalue weighted by Gasteiger charge is -2.28. The zero-order chi connectivity index (χ0) is 20.1. The van der Waals surface area contributed by atoms with Gasteiger partial charge in [-0.3, -0.25) is 9.69 Å². The van der Waals surface area contributed by atoms with Gasteiger partial charge in [0.1, 0.15) is 12.4 Å². The van der Waals surface area contributed by atoms with Crippen molar-refractivity contribution >= 4 is 11.6 Å². The first-order chi connectivity index (χ1) is 14.2. The van der Waals surface area contributed by atoms with Crippen molar-refractivity contribution in [2.75, 3.05) is 31.6 Å². The highest BCUT2D eigenvalue weighted by molar-refractivity contribution is 5.99. The summed E-state index contributed by atoms with van der Waals surface area (Å²) >= 11 is 0. The van der Waals surface area contributed by atoms with E-state index in [1.807, 2.05) is 24.3 Å². The third kappa shape index (κ3) is 4.64. The van der Waals surface area contributed by atoms with Crippen molar-refractivity contribution < 1.29 is 9.53 Å². The first-order valence-electron chi connectivity index (χ1n) is 11.0. The molecule has 1 aliphatic heterocycles. The third-order valence-electron chi connectivity index (χ3n) is 6.45. The van der Waals surface area contributed by atoms with Crippen LogP contribution in [0.4, 0.5) is 5.69 Å². The number of anilines is 1. The summed E-state index contributed by atoms with van der Waals surface area (Å²) in [5.41, 5.74) is 2.78. The second-order valence-electron chi connectivity index (χ2n) is 8.53. The van der Waals surface area contributed by atoms with Crippen molar-refractivity contribution in [3.63, 3.8) is 0 Å². The Morgan fingerprint density at radius 3 is 2.45 bits per heavy atom. The number of hydrogen-bond donors (Lipinski definition) is 1. The lowest BCUT2D eigenvalue weighted by atomic mass is 9.77. The van der Waals surface area contributed by atoms with Crippen LogP contribution in [0.5, 0.6) is 5.75 Å². The van der Waals surface area contributed by atoms with Crippen LogP contribution in [0, 0.1) is 6.92 Å². The number of aryl methyl sites for hydroxylation is 1. The summed E-state index contributed by atoms with van der Waals surface area (Å²) in [5, 5.41) is 3.17. The Labute approximate surface area is 174 Å². The molecule has 2 aromatic rings. The Kier molecular flexibility index (Phi) is 6.19. The van der Waals surface area contributed by atoms with Crippen molar-refractivity contribution in [2.45, 2.75) is 50.9 Å². The largest absolute Gasteiger partial charge is 0.492 e. The lowest BCUT2D eigenvalue weighted by molar-refractivity contribution is -0.121. The van der Waals surface area contributed by atoms with E-state index in [0.717, 1.165) is 49.2 Å². The van der Waals surface area contributed by atoms with Crippen LogP contribution in [-0.4, -0.2) is 37.0 Å². The van der Waals surface area contributed by atoms with Crippen LogP contribution in [0.15, 0.2) is 48.5 Å². The summed E-state index contributed by atoms with van der Waals surface area (Å²) in [4.78, 5) is 15.7. The molecule has 1 N–H and O–H groups in total. The predicted molar refractivity (Wildman–Crippen MR) is 118 cm³/mol. The summed E-state index contributed by atoms with van der Waals surface area (Å²) in [5.74, 6) is 0.972. The van der Waals surface area contributed by atoms with Gasteiger partial charge in [-0.1, -0.05) is 42.7 Å². The minimum absolute atomic E-state index is 0.114. The van der Waals surface area contributed by atoms with Crippen LogP contribution in [0.25, 0.3) is 0 Å². The highest BCUT2D eigenvalue weighted by Gasteiger charge is 2.42. The molecule has 2 aromatic carbocycles. The predicted octanol–water partition coefficient (Wildman–Crippen LogP) is 4.92. The van der Waals surface area contributed by atoms with Crippen LogP contribution in [-0.2, 0) is 10.2 Å². The van der Waals surface area contributed by atoms with Crippen LogP contribution < -0.4 is 10.1 Å². The summed E-state index contributed by atoms with van der Waals surface area (Å²) in [6, 6.07) is 16.2. The van der Waals surface area contributed by atoms with Crippen LogP contribution >= 0.6 is 0 Å². The van der Waals surface area contributed by atoms with E-state index in [2.05, 4.69) is 41.4 Å². The number of rotatable bonds is 7. The third-order valence-corrected chi connectivity index (χ3v) is 6.45. The summed E-state index contributed by atoms with van der Waals surface area (Å²) in [6.07, 6.45) is 6.65. The average molecular weight is 393 g/mol. The molecule has 1 aliphatic carbocycles. The molecule has 4 rings (SSSR count). The standard InChI is InChI=1S/C25H32N2O2/c1-20-7-6-8-21(19-20)25(13-2-3-14-25)24(28)26-22-9-11-23(12-10-22)29-18-17-27-15-4-5-16-27/h6-12,19H,2-5,13-18H2,1H3,(H,26,28). The molecule has 4 nitrogen and oxygen atoms in total. The maximum atomic E-state index is 13.3. The topological polar surface area (TPSA) is 41.6 Å². The Bertz CT molecular complexity index is 819. The second-order valence-corrected chi connectivity index (χ2v) is 8.53. The molecule has 2 fully saturated rings. The summed E-state index contributed by atoms with van der Waals surface area (Å²) < 4.78 is 5.88. The molecular weight excluding hydrogens is 360 g/mol. The first-order valence-corrected chi connectivity index (χ1v) is 11.0. The number of amides is 1. The number of hydrogen-bond acceptors (Lipinski definition) is 3. The molecule has 29 heavy (non-hydrogen) atoms. The monoisotopic (exact) mass is 392 g/mol. The van der Waals surface area contributed by atoms with Crippen molar-refractivity contribution in [1.29, 1.82) is 0 Å². The van der Waals surface area contributed by atoms with Crippen LogP contribution in [0.2, 0.25) is 0 Å². The number of nitrogens with one attached hydrogen (secondary N) is 1. The van der Waals surface area contributed by atoms with Gasteiger partial charge in [0.15, 0.2) is 0 Å². The smallest absolute Gasteiger partial charge is 0.235 e. The van der Waals surface area contributed by atoms with Gasteiger partial charge in [0.05, 0.1) is 5.41 Å². The average Bonchev–Trinajstić information content (AvgIpc) is 3.42. The number of ether oxygens (including phenoxy) is 1. The quantitative estimate of drug-likeness (QED) is 0.727. The van der Waals surface area contributed by atoms with E-state index in [9.17, 15) is 4.79 Å². The fourth-order valence-corrected chi connectivity index (χ4v) is 4.75. The minimum Gasteiger partial charge on any atom is -0.492 e. The number of carbonyl (C=O) groups is 1. The molecule has 0 spiro atoms. The molecule has 1 saturated heterocycles. The molecule has 1 saturated carbocycles. The SMILES string of the molecule is Cc1cccc(C2(C(=O)Nc3ccc(OCCN4CCCC4)cc3)CCCC2)c1. The Balaban J connectivity index is 1.38. The lowest BCUT2D eigenvalue weighted by Crippen LogP contribution is -2.38. The molecule has 1 heterocycles. The van der Waals surface area contributed by atoms with Gasteiger partial charge >= 0.3 is 0 Å². The molecule has 0 unspecified atom stereocenters. The highest BCUT2D eigenvalue weighted by atomic mass is 16.5. The van der Waals surface area contributed by atoms with Gasteiger partial charge in [-0.15, -0.1) is 0 Å². The summed E-state index contributed by atoms with van der Waals surface area (Å²) in [6.45, 7) is 6.17. The van der Waals surface area contributed by atoms with Crippen molar-refractivity contribution in [3.8, 4) is 5.75 Å². The molecular formula is C25H32N2O2. The zero-order valence-electron chi connectivity index (χ0n) is 17.5. The molecule has 2 aliphatic rings. The van der Waals surface area contributed by atoms with Crippen molar-refractivity contribution in [2.24, 2.45) is 0 Å². The van der Waals surface area contributed by atoms with E-state index >= 15 is 0 Å². The van der Waals surface area contributed by atoms with E-state index in [0.29, 0.717) is 6.61 Å². The Morgan fingerprint density at radius 1 is 1.03 bits per heavy atom. The minimum atomic E-state index is -0.406. The zero-order valence-corrected chi connectivity index (χ0v) is 17.5. The number of nitrogens with zero attached hydrogens (tertiary/aromatic N) is 1. The molecule has 0 atom stereocenters. The van der Waals surface area contributed by atoms with Gasteiger partial charge < -0.3 is 10.1 Å². The van der Waals surface area contributed by atoms with E-state index in [4.69, 9.17) is 4.74 Å². The molecule has 0 bridgehead atoms. The van der Waals surface area contributed by atoms with Gasteiger partial charge in [-0.2, -0.15) is 0 Å². The second kappa shape index (κ2) is 9.00. The molecule has 1 amide bonds. The molecule has 0 aromatic heterocycles. The normalized spacial score (nSPS) is 18.7.